The van der Waals surface area contributed by atoms with Crippen molar-refractivity contribution in [1.82, 2.24) is 0 Å². The first-order valence-electron chi connectivity index (χ1n) is 6.00. The summed E-state index contributed by atoms with van der Waals surface area (Å²) in [7, 11) is 1.72. The molecule has 0 fully saturated rings. The van der Waals surface area contributed by atoms with Crippen LogP contribution in [0.25, 0.3) is 0 Å². The summed E-state index contributed by atoms with van der Waals surface area (Å²) >= 11 is 0. The van der Waals surface area contributed by atoms with Gasteiger partial charge in [0.05, 0.1) is 18.8 Å². The lowest BCUT2D eigenvalue weighted by Gasteiger charge is -2.26. The highest BCUT2D eigenvalue weighted by Gasteiger charge is 2.21. The van der Waals surface area contributed by atoms with Gasteiger partial charge in [0.25, 0.3) is 0 Å². The Morgan fingerprint density at radius 1 is 1.24 bits per heavy atom. The highest BCUT2D eigenvalue weighted by molar-refractivity contribution is 5.13. The molecule has 0 heterocycles. The number of rotatable bonds is 7. The van der Waals surface area contributed by atoms with Crippen LogP contribution in [0.2, 0.25) is 0 Å². The Labute approximate surface area is 104 Å². The van der Waals surface area contributed by atoms with Gasteiger partial charge in [-0.3, -0.25) is 0 Å². The number of hydrogen-bond donors (Lipinski definition) is 0. The van der Waals surface area contributed by atoms with E-state index >= 15 is 0 Å². The predicted octanol–water partition coefficient (Wildman–Crippen LogP) is 3.43. The topological polar surface area (TPSA) is 18.5 Å². The summed E-state index contributed by atoms with van der Waals surface area (Å²) < 4.78 is 11.3. The van der Waals surface area contributed by atoms with Gasteiger partial charge < -0.3 is 9.47 Å². The summed E-state index contributed by atoms with van der Waals surface area (Å²) in [6, 6.07) is 10.2. The van der Waals surface area contributed by atoms with Crippen molar-refractivity contribution in [2.75, 3.05) is 7.11 Å². The number of methoxy groups -OCH3 is 1. The smallest absolute Gasteiger partial charge is 0.0889 e. The lowest BCUT2D eigenvalue weighted by molar-refractivity contribution is -0.0682. The van der Waals surface area contributed by atoms with Crippen LogP contribution in [0.3, 0.4) is 0 Å². The monoisotopic (exact) mass is 234 g/mol. The molecule has 17 heavy (non-hydrogen) atoms. The van der Waals surface area contributed by atoms with Crippen molar-refractivity contribution in [3.63, 3.8) is 0 Å². The molecule has 0 aromatic heterocycles. The van der Waals surface area contributed by atoms with Crippen LogP contribution < -0.4 is 0 Å². The molecule has 0 spiro atoms. The van der Waals surface area contributed by atoms with Gasteiger partial charge in [0.15, 0.2) is 0 Å². The van der Waals surface area contributed by atoms with Gasteiger partial charge in [0.1, 0.15) is 0 Å². The summed E-state index contributed by atoms with van der Waals surface area (Å²) in [5.41, 5.74) is 1.18. The van der Waals surface area contributed by atoms with Gasteiger partial charge in [-0.15, -0.1) is 6.58 Å². The van der Waals surface area contributed by atoms with Crippen LogP contribution in [0.5, 0.6) is 0 Å². The molecule has 0 bridgehead atoms. The summed E-state index contributed by atoms with van der Waals surface area (Å²) in [6.07, 6.45) is 2.00. The molecule has 0 radical (unpaired) electrons. The van der Waals surface area contributed by atoms with Gasteiger partial charge in [-0.05, 0) is 12.5 Å². The van der Waals surface area contributed by atoms with Gasteiger partial charge in [0, 0.05) is 13.0 Å². The lowest BCUT2D eigenvalue weighted by atomic mass is 10.0. The third-order valence-corrected chi connectivity index (χ3v) is 2.98. The molecule has 0 unspecified atom stereocenters. The largest absolute Gasteiger partial charge is 0.378 e. The molecule has 2 nitrogen and oxygen atoms in total. The summed E-state index contributed by atoms with van der Waals surface area (Å²) in [4.78, 5) is 0. The van der Waals surface area contributed by atoms with Crippen molar-refractivity contribution < 1.29 is 9.47 Å². The SMILES string of the molecule is C=C[C@H](C)[C@@H](OC)[C@@H](C)OCc1ccccc1. The standard InChI is InChI=1S/C15H22O2/c1-5-12(2)15(16-4)13(3)17-11-14-9-7-6-8-10-14/h5-10,12-13,15H,1,11H2,2-4H3/t12-,13+,15+/m0/s1. The molecular formula is C15H22O2. The quantitative estimate of drug-likeness (QED) is 0.673. The van der Waals surface area contributed by atoms with E-state index in [1.165, 1.54) is 5.56 Å². The van der Waals surface area contributed by atoms with Crippen LogP contribution in [0, 0.1) is 5.92 Å². The molecule has 0 amide bonds. The predicted molar refractivity (Wildman–Crippen MR) is 70.9 cm³/mol. The highest BCUT2D eigenvalue weighted by Crippen LogP contribution is 2.16. The number of benzene rings is 1. The second kappa shape index (κ2) is 7.25. The van der Waals surface area contributed by atoms with E-state index in [0.717, 1.165) is 0 Å². The minimum Gasteiger partial charge on any atom is -0.378 e. The van der Waals surface area contributed by atoms with E-state index in [0.29, 0.717) is 6.61 Å². The Bertz CT molecular complexity index is 321. The average Bonchev–Trinajstić information content (AvgIpc) is 2.38. The average molecular weight is 234 g/mol. The second-order valence-electron chi connectivity index (χ2n) is 4.30. The van der Waals surface area contributed by atoms with E-state index in [1.807, 2.05) is 31.2 Å². The second-order valence-corrected chi connectivity index (χ2v) is 4.30. The molecule has 1 rings (SSSR count). The van der Waals surface area contributed by atoms with E-state index in [9.17, 15) is 0 Å². The lowest BCUT2D eigenvalue weighted by Crippen LogP contribution is -2.33. The van der Waals surface area contributed by atoms with Crippen LogP contribution in [0.1, 0.15) is 19.4 Å². The molecule has 1 aromatic carbocycles. The molecule has 2 heteroatoms. The first-order valence-corrected chi connectivity index (χ1v) is 6.00. The zero-order chi connectivity index (χ0) is 12.7. The van der Waals surface area contributed by atoms with E-state index in [-0.39, 0.29) is 18.1 Å². The van der Waals surface area contributed by atoms with Crippen LogP contribution in [-0.4, -0.2) is 19.3 Å². The van der Waals surface area contributed by atoms with Gasteiger partial charge in [-0.25, -0.2) is 0 Å². The molecule has 94 valence electrons. The number of hydrogen-bond acceptors (Lipinski definition) is 2. The van der Waals surface area contributed by atoms with E-state index in [2.05, 4.69) is 25.6 Å². The molecule has 0 N–H and O–H groups in total. The molecule has 3 atom stereocenters. The zero-order valence-corrected chi connectivity index (χ0v) is 10.9. The highest BCUT2D eigenvalue weighted by atomic mass is 16.5. The van der Waals surface area contributed by atoms with Gasteiger partial charge in [0.2, 0.25) is 0 Å². The minimum absolute atomic E-state index is 0.0493. The van der Waals surface area contributed by atoms with Crippen LogP contribution in [0.15, 0.2) is 43.0 Å². The maximum Gasteiger partial charge on any atom is 0.0889 e. The van der Waals surface area contributed by atoms with Gasteiger partial charge in [-0.1, -0.05) is 43.3 Å². The molecule has 0 saturated carbocycles. The fourth-order valence-corrected chi connectivity index (χ4v) is 1.86. The van der Waals surface area contributed by atoms with Gasteiger partial charge in [-0.2, -0.15) is 0 Å². The first kappa shape index (κ1) is 13.9. The molecular weight excluding hydrogens is 212 g/mol. The third kappa shape index (κ3) is 4.33. The summed E-state index contributed by atoms with van der Waals surface area (Å²) in [5.74, 6) is 0.283. The van der Waals surface area contributed by atoms with Gasteiger partial charge >= 0.3 is 0 Å². The third-order valence-electron chi connectivity index (χ3n) is 2.98. The molecule has 0 aliphatic carbocycles. The van der Waals surface area contributed by atoms with Crippen molar-refractivity contribution in [2.45, 2.75) is 32.7 Å². The van der Waals surface area contributed by atoms with E-state index < -0.39 is 0 Å². The van der Waals surface area contributed by atoms with Crippen molar-refractivity contribution in [1.29, 1.82) is 0 Å². The normalized spacial score (nSPS) is 16.2. The fourth-order valence-electron chi connectivity index (χ4n) is 1.86. The van der Waals surface area contributed by atoms with Crippen molar-refractivity contribution in [2.24, 2.45) is 5.92 Å². The zero-order valence-electron chi connectivity index (χ0n) is 10.9. The van der Waals surface area contributed by atoms with Crippen LogP contribution in [0.4, 0.5) is 0 Å². The Balaban J connectivity index is 2.48. The Morgan fingerprint density at radius 3 is 2.41 bits per heavy atom. The van der Waals surface area contributed by atoms with E-state index in [1.54, 1.807) is 7.11 Å². The maximum atomic E-state index is 5.83. The molecule has 1 aromatic rings. The molecule has 0 aliphatic heterocycles. The van der Waals surface area contributed by atoms with Crippen molar-refractivity contribution in [3.8, 4) is 0 Å². The summed E-state index contributed by atoms with van der Waals surface area (Å²) in [6.45, 7) is 8.54. The Kier molecular flexibility index (Phi) is 5.95. The minimum atomic E-state index is 0.0493. The van der Waals surface area contributed by atoms with Crippen molar-refractivity contribution in [3.05, 3.63) is 48.6 Å². The van der Waals surface area contributed by atoms with Crippen LogP contribution in [-0.2, 0) is 16.1 Å². The van der Waals surface area contributed by atoms with Crippen molar-refractivity contribution >= 4 is 0 Å². The Morgan fingerprint density at radius 2 is 1.88 bits per heavy atom. The van der Waals surface area contributed by atoms with E-state index in [4.69, 9.17) is 9.47 Å². The maximum absolute atomic E-state index is 5.83. The first-order chi connectivity index (χ1) is 8.19. The fraction of sp³-hybridized carbons (Fsp3) is 0.467. The summed E-state index contributed by atoms with van der Waals surface area (Å²) in [5, 5.41) is 0. The van der Waals surface area contributed by atoms with Crippen LogP contribution >= 0.6 is 0 Å². The number of ether oxygens (including phenoxy) is 2. The molecule has 0 saturated heterocycles. The Hall–Kier alpha value is -1.12. The molecule has 0 aliphatic rings.